The predicted octanol–water partition coefficient (Wildman–Crippen LogP) is 4.32. The summed E-state index contributed by atoms with van der Waals surface area (Å²) in [5, 5.41) is 0.353. The number of cyclic esters (lactones) is 1. The number of rotatable bonds is 4. The van der Waals surface area contributed by atoms with E-state index in [0.29, 0.717) is 16.1 Å². The van der Waals surface area contributed by atoms with Crippen LogP contribution < -0.4 is 4.18 Å². The lowest BCUT2D eigenvalue weighted by Crippen LogP contribution is -2.11. The summed E-state index contributed by atoms with van der Waals surface area (Å²) in [6.45, 7) is 6.32. The molecule has 1 aliphatic rings. The third kappa shape index (κ3) is 5.25. The maximum absolute atomic E-state index is 12.3. The molecule has 6 nitrogen and oxygen atoms in total. The van der Waals surface area contributed by atoms with Crippen molar-refractivity contribution in [1.29, 1.82) is 0 Å². The first-order valence-electron chi connectivity index (χ1n) is 8.75. The molecule has 152 valence electrons. The lowest BCUT2D eigenvalue weighted by Gasteiger charge is -2.18. The van der Waals surface area contributed by atoms with Crippen LogP contribution in [0.3, 0.4) is 0 Å². The number of benzene rings is 2. The smallest absolute Gasteiger partial charge is 0.363 e. The van der Waals surface area contributed by atoms with Crippen LogP contribution >= 0.6 is 11.6 Å². The molecule has 29 heavy (non-hydrogen) atoms. The number of aliphatic imine (C=N–C) groups is 1. The maximum atomic E-state index is 12.3. The Balaban J connectivity index is 1.96. The van der Waals surface area contributed by atoms with Gasteiger partial charge in [-0.15, -0.1) is 0 Å². The third-order valence-electron chi connectivity index (χ3n) is 4.12. The molecule has 2 aromatic carbocycles. The first-order chi connectivity index (χ1) is 13.4. The van der Waals surface area contributed by atoms with E-state index in [-0.39, 0.29) is 22.8 Å². The highest BCUT2D eigenvalue weighted by atomic mass is 35.5. The molecule has 0 bridgehead atoms. The van der Waals surface area contributed by atoms with E-state index in [1.165, 1.54) is 24.3 Å². The quantitative estimate of drug-likeness (QED) is 0.407. The Bertz CT molecular complexity index is 1130. The van der Waals surface area contributed by atoms with Crippen molar-refractivity contribution < 1.29 is 22.1 Å². The second-order valence-corrected chi connectivity index (χ2v) is 9.64. The van der Waals surface area contributed by atoms with Crippen LogP contribution in [0.15, 0.2) is 53.2 Å². The zero-order valence-electron chi connectivity index (χ0n) is 16.4. The van der Waals surface area contributed by atoms with Gasteiger partial charge in [-0.1, -0.05) is 44.5 Å². The molecule has 1 aliphatic heterocycles. The Morgan fingerprint density at radius 1 is 1.10 bits per heavy atom. The fourth-order valence-electron chi connectivity index (χ4n) is 2.66. The highest BCUT2D eigenvalue weighted by Gasteiger charge is 2.25. The van der Waals surface area contributed by atoms with Gasteiger partial charge in [0, 0.05) is 16.1 Å². The fraction of sp³-hybridized carbons (Fsp3) is 0.238. The summed E-state index contributed by atoms with van der Waals surface area (Å²) < 4.78 is 33.2. The number of nitrogens with zero attached hydrogens (tertiary/aromatic N) is 1. The molecule has 2 aromatic rings. The van der Waals surface area contributed by atoms with E-state index in [9.17, 15) is 13.2 Å². The SMILES string of the molecule is CC(C)(C)c1ccc(C2=NC(=Cc3cc(Cl)ccc3OS(C)(=O)=O)C(=O)O2)cc1. The Morgan fingerprint density at radius 2 is 1.76 bits per heavy atom. The van der Waals surface area contributed by atoms with Crippen LogP contribution in [-0.2, 0) is 25.1 Å². The Hall–Kier alpha value is -2.64. The topological polar surface area (TPSA) is 82.0 Å². The summed E-state index contributed by atoms with van der Waals surface area (Å²) in [6.07, 6.45) is 2.31. The van der Waals surface area contributed by atoms with E-state index in [2.05, 4.69) is 25.8 Å². The highest BCUT2D eigenvalue weighted by Crippen LogP contribution is 2.29. The van der Waals surface area contributed by atoms with Crippen LogP contribution in [0.2, 0.25) is 5.02 Å². The van der Waals surface area contributed by atoms with Gasteiger partial charge in [-0.25, -0.2) is 9.79 Å². The van der Waals surface area contributed by atoms with Crippen LogP contribution in [0.1, 0.15) is 37.5 Å². The van der Waals surface area contributed by atoms with Gasteiger partial charge in [0.2, 0.25) is 5.90 Å². The number of halogens is 1. The largest absolute Gasteiger partial charge is 0.402 e. The molecule has 0 aliphatic carbocycles. The average molecular weight is 434 g/mol. The van der Waals surface area contributed by atoms with Gasteiger partial charge in [-0.05, 0) is 47.4 Å². The molecule has 0 unspecified atom stereocenters. The van der Waals surface area contributed by atoms with Crippen molar-refractivity contribution in [1.82, 2.24) is 0 Å². The molecule has 1 heterocycles. The minimum atomic E-state index is -3.75. The van der Waals surface area contributed by atoms with Crippen molar-refractivity contribution in [2.45, 2.75) is 26.2 Å². The molecule has 0 aromatic heterocycles. The van der Waals surface area contributed by atoms with Crippen molar-refractivity contribution in [3.05, 3.63) is 69.9 Å². The van der Waals surface area contributed by atoms with E-state index in [0.717, 1.165) is 11.8 Å². The summed E-state index contributed by atoms with van der Waals surface area (Å²) in [5.41, 5.74) is 2.11. The summed E-state index contributed by atoms with van der Waals surface area (Å²) in [5.74, 6) is -0.435. The number of carbonyl (C=O) groups excluding carboxylic acids is 1. The van der Waals surface area contributed by atoms with Gasteiger partial charge in [-0.2, -0.15) is 8.42 Å². The molecular formula is C21H20ClNO5S. The predicted molar refractivity (Wildman–Crippen MR) is 113 cm³/mol. The lowest BCUT2D eigenvalue weighted by molar-refractivity contribution is -0.129. The van der Waals surface area contributed by atoms with E-state index in [1.807, 2.05) is 24.3 Å². The van der Waals surface area contributed by atoms with Crippen LogP contribution in [-0.4, -0.2) is 26.5 Å². The number of hydrogen-bond acceptors (Lipinski definition) is 6. The first kappa shape index (κ1) is 21.1. The van der Waals surface area contributed by atoms with Crippen molar-refractivity contribution in [3.8, 4) is 5.75 Å². The van der Waals surface area contributed by atoms with Crippen LogP contribution in [0.4, 0.5) is 0 Å². The Morgan fingerprint density at radius 3 is 2.34 bits per heavy atom. The normalized spacial score (nSPS) is 16.0. The standard InChI is InChI=1S/C21H20ClNO5S/c1-21(2,3)15-7-5-13(6-8-15)19-23-17(20(24)27-19)12-14-11-16(22)9-10-18(14)28-29(4,25)26/h5-12H,1-4H3. The van der Waals surface area contributed by atoms with Crippen molar-refractivity contribution in [3.63, 3.8) is 0 Å². The summed E-state index contributed by atoms with van der Waals surface area (Å²) in [7, 11) is -3.75. The summed E-state index contributed by atoms with van der Waals surface area (Å²) in [4.78, 5) is 16.5. The van der Waals surface area contributed by atoms with Crippen LogP contribution in [0.25, 0.3) is 6.08 Å². The zero-order chi connectivity index (χ0) is 21.4. The lowest BCUT2D eigenvalue weighted by atomic mass is 9.87. The van der Waals surface area contributed by atoms with Crippen molar-refractivity contribution in [2.24, 2.45) is 4.99 Å². The van der Waals surface area contributed by atoms with Crippen LogP contribution in [0.5, 0.6) is 5.75 Å². The molecule has 0 N–H and O–H groups in total. The Labute approximate surface area is 174 Å². The molecule has 0 saturated carbocycles. The summed E-state index contributed by atoms with van der Waals surface area (Å²) in [6, 6.07) is 12.0. The van der Waals surface area contributed by atoms with E-state index in [1.54, 1.807) is 0 Å². The molecule has 0 radical (unpaired) electrons. The molecule has 0 fully saturated rings. The van der Waals surface area contributed by atoms with Crippen molar-refractivity contribution >= 4 is 39.7 Å². The zero-order valence-corrected chi connectivity index (χ0v) is 18.0. The molecule has 0 spiro atoms. The van der Waals surface area contributed by atoms with Gasteiger partial charge in [-0.3, -0.25) is 0 Å². The minimum Gasteiger partial charge on any atom is -0.402 e. The monoisotopic (exact) mass is 433 g/mol. The van der Waals surface area contributed by atoms with Gasteiger partial charge >= 0.3 is 16.1 Å². The number of esters is 1. The molecule has 8 heteroatoms. The molecule has 0 atom stereocenters. The van der Waals surface area contributed by atoms with Gasteiger partial charge in [0.15, 0.2) is 5.70 Å². The molecule has 3 rings (SSSR count). The number of hydrogen-bond donors (Lipinski definition) is 0. The van der Waals surface area contributed by atoms with E-state index < -0.39 is 16.1 Å². The molecular weight excluding hydrogens is 414 g/mol. The summed E-state index contributed by atoms with van der Waals surface area (Å²) >= 11 is 6.00. The van der Waals surface area contributed by atoms with Crippen LogP contribution in [0, 0.1) is 0 Å². The highest BCUT2D eigenvalue weighted by molar-refractivity contribution is 7.86. The number of ether oxygens (including phenoxy) is 1. The fourth-order valence-corrected chi connectivity index (χ4v) is 3.32. The minimum absolute atomic E-state index is 0.000345. The van der Waals surface area contributed by atoms with Gasteiger partial charge < -0.3 is 8.92 Å². The van der Waals surface area contributed by atoms with Gasteiger partial charge in [0.25, 0.3) is 0 Å². The second-order valence-electron chi connectivity index (χ2n) is 7.63. The number of carbonyl (C=O) groups is 1. The average Bonchev–Trinajstić information content (AvgIpc) is 2.96. The van der Waals surface area contributed by atoms with E-state index in [4.69, 9.17) is 20.5 Å². The second kappa shape index (κ2) is 7.65. The molecule has 0 amide bonds. The Kier molecular flexibility index (Phi) is 5.56. The third-order valence-corrected chi connectivity index (χ3v) is 4.84. The van der Waals surface area contributed by atoms with E-state index >= 15 is 0 Å². The van der Waals surface area contributed by atoms with Crippen molar-refractivity contribution in [2.75, 3.05) is 6.26 Å². The van der Waals surface area contributed by atoms with Gasteiger partial charge in [0.1, 0.15) is 5.75 Å². The first-order valence-corrected chi connectivity index (χ1v) is 10.9. The van der Waals surface area contributed by atoms with Gasteiger partial charge in [0.05, 0.1) is 6.26 Å². The maximum Gasteiger partial charge on any atom is 0.363 e. The molecule has 0 saturated heterocycles.